The highest BCUT2D eigenvalue weighted by molar-refractivity contribution is 5.78. The van der Waals surface area contributed by atoms with Crippen LogP contribution in [-0.4, -0.2) is 18.5 Å². The summed E-state index contributed by atoms with van der Waals surface area (Å²) in [5.41, 5.74) is 5.88. The van der Waals surface area contributed by atoms with Crippen LogP contribution < -0.4 is 11.1 Å². The van der Waals surface area contributed by atoms with Gasteiger partial charge in [-0.1, -0.05) is 25.1 Å². The second kappa shape index (κ2) is 6.23. The van der Waals surface area contributed by atoms with Gasteiger partial charge in [-0.2, -0.15) is 0 Å². The molecule has 0 radical (unpaired) electrons. The lowest BCUT2D eigenvalue weighted by molar-refractivity contribution is -0.121. The Morgan fingerprint density at radius 3 is 2.75 bits per heavy atom. The quantitative estimate of drug-likeness (QED) is 0.790. The van der Waals surface area contributed by atoms with Crippen LogP contribution in [0.5, 0.6) is 0 Å². The van der Waals surface area contributed by atoms with Crippen LogP contribution in [0.2, 0.25) is 0 Å². The predicted molar refractivity (Wildman–Crippen MR) is 61.4 cm³/mol. The number of nitrogens with two attached hydrogens (primary N) is 1. The Kier molecular flexibility index (Phi) is 4.92. The highest BCUT2D eigenvalue weighted by Crippen LogP contribution is 2.07. The molecule has 0 aromatic heterocycles. The molecule has 0 saturated carbocycles. The van der Waals surface area contributed by atoms with Crippen LogP contribution in [0.4, 0.5) is 4.39 Å². The summed E-state index contributed by atoms with van der Waals surface area (Å²) < 4.78 is 13.2. The molecule has 3 N–H and O–H groups in total. The van der Waals surface area contributed by atoms with Crippen LogP contribution >= 0.6 is 0 Å². The number of hydrogen-bond acceptors (Lipinski definition) is 2. The molecule has 88 valence electrons. The van der Waals surface area contributed by atoms with Gasteiger partial charge >= 0.3 is 0 Å². The number of rotatable bonds is 5. The maximum Gasteiger partial charge on any atom is 0.224 e. The summed E-state index contributed by atoms with van der Waals surface area (Å²) in [7, 11) is 0. The van der Waals surface area contributed by atoms with Gasteiger partial charge in [0.25, 0.3) is 0 Å². The molecule has 4 heteroatoms. The molecule has 0 aliphatic rings. The van der Waals surface area contributed by atoms with E-state index in [1.54, 1.807) is 18.2 Å². The van der Waals surface area contributed by atoms with E-state index in [2.05, 4.69) is 5.32 Å². The number of nitrogens with one attached hydrogen (secondary N) is 1. The molecular weight excluding hydrogens is 207 g/mol. The van der Waals surface area contributed by atoms with Gasteiger partial charge in [-0.05, 0) is 18.1 Å². The zero-order valence-electron chi connectivity index (χ0n) is 9.37. The van der Waals surface area contributed by atoms with Gasteiger partial charge in [0.2, 0.25) is 5.91 Å². The van der Waals surface area contributed by atoms with E-state index in [0.717, 1.165) is 6.42 Å². The standard InChI is InChI=1S/C12H17FN2O/c1-2-10(8-14)15-12(16)7-9-5-3-4-6-11(9)13/h3-6,10H,2,7-8,14H2,1H3,(H,15,16). The van der Waals surface area contributed by atoms with Crippen LogP contribution in [0.15, 0.2) is 24.3 Å². The SMILES string of the molecule is CCC(CN)NC(=O)Cc1ccccc1F. The molecule has 0 fully saturated rings. The first kappa shape index (κ1) is 12.6. The summed E-state index contributed by atoms with van der Waals surface area (Å²) in [6, 6.07) is 6.25. The van der Waals surface area contributed by atoms with Crippen molar-refractivity contribution in [2.45, 2.75) is 25.8 Å². The van der Waals surface area contributed by atoms with E-state index >= 15 is 0 Å². The number of hydrogen-bond donors (Lipinski definition) is 2. The lowest BCUT2D eigenvalue weighted by atomic mass is 10.1. The molecule has 0 aliphatic carbocycles. The number of carbonyl (C=O) groups excluding carboxylic acids is 1. The van der Waals surface area contributed by atoms with Crippen molar-refractivity contribution in [3.8, 4) is 0 Å². The number of amides is 1. The minimum absolute atomic E-state index is 0.0285. The summed E-state index contributed by atoms with van der Waals surface area (Å²) in [5.74, 6) is -0.541. The van der Waals surface area contributed by atoms with Crippen LogP contribution in [-0.2, 0) is 11.2 Å². The largest absolute Gasteiger partial charge is 0.352 e. The number of halogens is 1. The van der Waals surface area contributed by atoms with E-state index in [4.69, 9.17) is 5.73 Å². The Balaban J connectivity index is 2.55. The zero-order valence-corrected chi connectivity index (χ0v) is 9.37. The fourth-order valence-electron chi connectivity index (χ4n) is 1.42. The monoisotopic (exact) mass is 224 g/mol. The van der Waals surface area contributed by atoms with E-state index in [1.807, 2.05) is 6.92 Å². The van der Waals surface area contributed by atoms with Gasteiger partial charge in [0.1, 0.15) is 5.82 Å². The lowest BCUT2D eigenvalue weighted by Gasteiger charge is -2.14. The number of carbonyl (C=O) groups is 1. The van der Waals surface area contributed by atoms with Gasteiger partial charge in [0.05, 0.1) is 6.42 Å². The van der Waals surface area contributed by atoms with Crippen LogP contribution in [0.3, 0.4) is 0 Å². The Morgan fingerprint density at radius 2 is 2.19 bits per heavy atom. The van der Waals surface area contributed by atoms with Gasteiger partial charge < -0.3 is 11.1 Å². The summed E-state index contributed by atoms with van der Waals surface area (Å²) >= 11 is 0. The summed E-state index contributed by atoms with van der Waals surface area (Å²) in [4.78, 5) is 11.6. The molecule has 16 heavy (non-hydrogen) atoms. The van der Waals surface area contributed by atoms with E-state index < -0.39 is 0 Å². The van der Waals surface area contributed by atoms with Gasteiger partial charge in [-0.15, -0.1) is 0 Å². The molecule has 1 unspecified atom stereocenters. The fourth-order valence-corrected chi connectivity index (χ4v) is 1.42. The van der Waals surface area contributed by atoms with Crippen molar-refractivity contribution < 1.29 is 9.18 Å². The lowest BCUT2D eigenvalue weighted by Crippen LogP contribution is -2.40. The molecule has 0 heterocycles. The third kappa shape index (κ3) is 3.62. The molecule has 3 nitrogen and oxygen atoms in total. The van der Waals surface area contributed by atoms with Crippen molar-refractivity contribution in [1.29, 1.82) is 0 Å². The van der Waals surface area contributed by atoms with E-state index in [1.165, 1.54) is 6.07 Å². The Labute approximate surface area is 94.8 Å². The van der Waals surface area contributed by atoms with Crippen molar-refractivity contribution in [2.24, 2.45) is 5.73 Å². The molecule has 1 rings (SSSR count). The molecule has 0 bridgehead atoms. The first-order valence-corrected chi connectivity index (χ1v) is 5.40. The number of benzene rings is 1. The maximum atomic E-state index is 13.2. The van der Waals surface area contributed by atoms with Crippen LogP contribution in [0, 0.1) is 5.82 Å². The van der Waals surface area contributed by atoms with E-state index in [9.17, 15) is 9.18 Å². The average molecular weight is 224 g/mol. The molecule has 1 atom stereocenters. The third-order valence-corrected chi connectivity index (χ3v) is 2.45. The van der Waals surface area contributed by atoms with Gasteiger partial charge in [0, 0.05) is 12.6 Å². The predicted octanol–water partition coefficient (Wildman–Crippen LogP) is 1.22. The van der Waals surface area contributed by atoms with Crippen molar-refractivity contribution in [1.82, 2.24) is 5.32 Å². The second-order valence-corrected chi connectivity index (χ2v) is 3.68. The zero-order chi connectivity index (χ0) is 12.0. The minimum Gasteiger partial charge on any atom is -0.352 e. The van der Waals surface area contributed by atoms with E-state index in [-0.39, 0.29) is 24.2 Å². The molecule has 1 aromatic rings. The van der Waals surface area contributed by atoms with Gasteiger partial charge in [-0.3, -0.25) is 4.79 Å². The smallest absolute Gasteiger partial charge is 0.224 e. The van der Waals surface area contributed by atoms with Crippen molar-refractivity contribution >= 4 is 5.91 Å². The van der Waals surface area contributed by atoms with Crippen LogP contribution in [0.1, 0.15) is 18.9 Å². The second-order valence-electron chi connectivity index (χ2n) is 3.68. The first-order chi connectivity index (χ1) is 7.67. The van der Waals surface area contributed by atoms with Gasteiger partial charge in [0.15, 0.2) is 0 Å². The maximum absolute atomic E-state index is 13.2. The molecule has 1 aromatic carbocycles. The Bertz CT molecular complexity index is 351. The highest BCUT2D eigenvalue weighted by atomic mass is 19.1. The summed E-state index contributed by atoms with van der Waals surface area (Å²) in [6.45, 7) is 2.35. The fraction of sp³-hybridized carbons (Fsp3) is 0.417. The normalized spacial score (nSPS) is 12.2. The summed E-state index contributed by atoms with van der Waals surface area (Å²) in [5, 5.41) is 2.76. The molecule has 0 spiro atoms. The minimum atomic E-state index is -0.349. The molecule has 1 amide bonds. The topological polar surface area (TPSA) is 55.1 Å². The molecule has 0 saturated heterocycles. The summed E-state index contributed by atoms with van der Waals surface area (Å²) in [6.07, 6.45) is 0.836. The Hall–Kier alpha value is -1.42. The average Bonchev–Trinajstić information content (AvgIpc) is 2.29. The van der Waals surface area contributed by atoms with Crippen molar-refractivity contribution in [3.63, 3.8) is 0 Å². The third-order valence-electron chi connectivity index (χ3n) is 2.45. The van der Waals surface area contributed by atoms with Crippen molar-refractivity contribution in [3.05, 3.63) is 35.6 Å². The van der Waals surface area contributed by atoms with Crippen LogP contribution in [0.25, 0.3) is 0 Å². The Morgan fingerprint density at radius 1 is 1.50 bits per heavy atom. The molecular formula is C12H17FN2O. The van der Waals surface area contributed by atoms with Gasteiger partial charge in [-0.25, -0.2) is 4.39 Å². The van der Waals surface area contributed by atoms with E-state index in [0.29, 0.717) is 12.1 Å². The first-order valence-electron chi connectivity index (χ1n) is 5.40. The van der Waals surface area contributed by atoms with Crippen molar-refractivity contribution in [2.75, 3.05) is 6.54 Å². The highest BCUT2D eigenvalue weighted by Gasteiger charge is 2.11. The molecule has 0 aliphatic heterocycles.